The molecule has 0 radical (unpaired) electrons. The van der Waals surface area contributed by atoms with Crippen LogP contribution in [0.1, 0.15) is 56.5 Å². The highest BCUT2D eigenvalue weighted by Crippen LogP contribution is 2.08. The number of carbonyl (C=O) groups excluding carboxylic acids is 1. The van der Waals surface area contributed by atoms with Gasteiger partial charge in [-0.25, -0.2) is 4.79 Å². The Morgan fingerprint density at radius 1 is 1.12 bits per heavy atom. The van der Waals surface area contributed by atoms with E-state index in [2.05, 4.69) is 6.92 Å². The summed E-state index contributed by atoms with van der Waals surface area (Å²) in [4.78, 5) is 11.3. The molecule has 2 nitrogen and oxygen atoms in total. The van der Waals surface area contributed by atoms with Crippen molar-refractivity contribution in [1.29, 1.82) is 0 Å². The van der Waals surface area contributed by atoms with E-state index in [1.54, 1.807) is 0 Å². The molecule has 0 aliphatic carbocycles. The number of ether oxygens (including phenoxy) is 1. The molecule has 0 spiro atoms. The van der Waals surface area contributed by atoms with Crippen molar-refractivity contribution in [2.24, 2.45) is 0 Å². The number of hydrogen-bond acceptors (Lipinski definition) is 2. The lowest BCUT2D eigenvalue weighted by Gasteiger charge is -2.03. The monoisotopic (exact) mass is 236 g/mol. The third-order valence-electron chi connectivity index (χ3n) is 2.28. The zero-order valence-corrected chi connectivity index (χ0v) is 11.5. The highest BCUT2D eigenvalue weighted by molar-refractivity contribution is 5.89. The van der Waals surface area contributed by atoms with Crippen LogP contribution in [0.15, 0.2) is 24.3 Å². The van der Waals surface area contributed by atoms with E-state index >= 15 is 0 Å². The Morgan fingerprint density at radius 2 is 1.71 bits per heavy atom. The standard InChI is InChI=1S/C13H18O2.C2H6/c1-3-5-6-11-7-9-12(10-8-11)13(14)15-4-2;1-2/h7-10H,3-6H2,1-2H3;1-2H3. The van der Waals surface area contributed by atoms with E-state index in [0.29, 0.717) is 12.2 Å². The lowest BCUT2D eigenvalue weighted by molar-refractivity contribution is 0.0526. The van der Waals surface area contributed by atoms with Crippen molar-refractivity contribution >= 4 is 5.97 Å². The van der Waals surface area contributed by atoms with Gasteiger partial charge in [-0.05, 0) is 37.5 Å². The molecular formula is C15H24O2. The summed E-state index contributed by atoms with van der Waals surface area (Å²) in [5.41, 5.74) is 1.92. The molecule has 0 aliphatic rings. The van der Waals surface area contributed by atoms with Crippen LogP contribution in [0.2, 0.25) is 0 Å². The molecule has 1 rings (SSSR count). The van der Waals surface area contributed by atoms with Crippen molar-refractivity contribution in [2.45, 2.75) is 47.0 Å². The lowest BCUT2D eigenvalue weighted by atomic mass is 10.1. The molecule has 1 aromatic carbocycles. The molecular weight excluding hydrogens is 212 g/mol. The quantitative estimate of drug-likeness (QED) is 0.715. The molecule has 0 saturated carbocycles. The van der Waals surface area contributed by atoms with Gasteiger partial charge in [-0.1, -0.05) is 39.3 Å². The average Bonchev–Trinajstić information content (AvgIpc) is 2.39. The van der Waals surface area contributed by atoms with Crippen molar-refractivity contribution in [1.82, 2.24) is 0 Å². The molecule has 2 heteroatoms. The summed E-state index contributed by atoms with van der Waals surface area (Å²) in [6.45, 7) is 8.41. The molecule has 17 heavy (non-hydrogen) atoms. The van der Waals surface area contributed by atoms with Crippen LogP contribution < -0.4 is 0 Å². The van der Waals surface area contributed by atoms with E-state index < -0.39 is 0 Å². The third kappa shape index (κ3) is 6.10. The normalized spacial score (nSPS) is 9.18. The fraction of sp³-hybridized carbons (Fsp3) is 0.533. The topological polar surface area (TPSA) is 26.3 Å². The first-order valence-corrected chi connectivity index (χ1v) is 6.54. The van der Waals surface area contributed by atoms with Crippen LogP contribution in [0.5, 0.6) is 0 Å². The Hall–Kier alpha value is -1.31. The van der Waals surface area contributed by atoms with Crippen LogP contribution in [-0.2, 0) is 11.2 Å². The van der Waals surface area contributed by atoms with Gasteiger partial charge in [0, 0.05) is 0 Å². The second-order valence-electron chi connectivity index (χ2n) is 3.52. The van der Waals surface area contributed by atoms with Gasteiger partial charge in [0.1, 0.15) is 0 Å². The minimum Gasteiger partial charge on any atom is -0.462 e. The first-order valence-electron chi connectivity index (χ1n) is 6.54. The van der Waals surface area contributed by atoms with Crippen LogP contribution >= 0.6 is 0 Å². The molecule has 0 bridgehead atoms. The van der Waals surface area contributed by atoms with Crippen LogP contribution in [0.3, 0.4) is 0 Å². The fourth-order valence-electron chi connectivity index (χ4n) is 1.40. The van der Waals surface area contributed by atoms with Gasteiger partial charge in [0.15, 0.2) is 0 Å². The maximum Gasteiger partial charge on any atom is 0.338 e. The molecule has 0 saturated heterocycles. The Balaban J connectivity index is 0.00000121. The van der Waals surface area contributed by atoms with E-state index in [-0.39, 0.29) is 5.97 Å². The van der Waals surface area contributed by atoms with E-state index in [1.807, 2.05) is 45.0 Å². The lowest BCUT2D eigenvalue weighted by Crippen LogP contribution is -2.04. The summed E-state index contributed by atoms with van der Waals surface area (Å²) in [5, 5.41) is 0. The minimum atomic E-state index is -0.237. The van der Waals surface area contributed by atoms with Gasteiger partial charge in [-0.3, -0.25) is 0 Å². The largest absolute Gasteiger partial charge is 0.462 e. The third-order valence-corrected chi connectivity index (χ3v) is 2.28. The summed E-state index contributed by atoms with van der Waals surface area (Å²) in [6.07, 6.45) is 3.47. The van der Waals surface area contributed by atoms with Gasteiger partial charge in [0.05, 0.1) is 12.2 Å². The maximum atomic E-state index is 11.3. The number of unbranched alkanes of at least 4 members (excludes halogenated alkanes) is 1. The van der Waals surface area contributed by atoms with Crippen molar-refractivity contribution < 1.29 is 9.53 Å². The number of esters is 1. The number of benzene rings is 1. The first-order chi connectivity index (χ1) is 8.27. The molecule has 0 N–H and O–H groups in total. The van der Waals surface area contributed by atoms with Crippen LogP contribution in [-0.4, -0.2) is 12.6 Å². The highest BCUT2D eigenvalue weighted by atomic mass is 16.5. The van der Waals surface area contributed by atoms with Crippen molar-refractivity contribution in [3.05, 3.63) is 35.4 Å². The van der Waals surface area contributed by atoms with Gasteiger partial charge in [-0.2, -0.15) is 0 Å². The number of rotatable bonds is 5. The van der Waals surface area contributed by atoms with Gasteiger partial charge >= 0.3 is 5.97 Å². The number of aryl methyl sites for hydroxylation is 1. The molecule has 0 amide bonds. The predicted octanol–water partition coefficient (Wildman–Crippen LogP) is 4.23. The average molecular weight is 236 g/mol. The van der Waals surface area contributed by atoms with Gasteiger partial charge in [-0.15, -0.1) is 0 Å². The van der Waals surface area contributed by atoms with Crippen LogP contribution in [0, 0.1) is 0 Å². The summed E-state index contributed by atoms with van der Waals surface area (Å²) in [7, 11) is 0. The zero-order chi connectivity index (χ0) is 13.1. The van der Waals surface area contributed by atoms with Crippen molar-refractivity contribution in [2.75, 3.05) is 6.61 Å². The SMILES string of the molecule is CC.CCCCc1ccc(C(=O)OCC)cc1. The molecule has 0 unspecified atom stereocenters. The molecule has 0 atom stereocenters. The molecule has 0 fully saturated rings. The van der Waals surface area contributed by atoms with Crippen molar-refractivity contribution in [3.8, 4) is 0 Å². The minimum absolute atomic E-state index is 0.237. The Bertz CT molecular complexity index is 301. The van der Waals surface area contributed by atoms with Crippen molar-refractivity contribution in [3.63, 3.8) is 0 Å². The molecule has 1 aromatic rings. The highest BCUT2D eigenvalue weighted by Gasteiger charge is 2.04. The fourth-order valence-corrected chi connectivity index (χ4v) is 1.40. The van der Waals surface area contributed by atoms with Crippen LogP contribution in [0.25, 0.3) is 0 Å². The Labute approximate surface area is 105 Å². The Kier molecular flexibility index (Phi) is 9.12. The van der Waals surface area contributed by atoms with Gasteiger partial charge in [0.2, 0.25) is 0 Å². The van der Waals surface area contributed by atoms with E-state index in [0.717, 1.165) is 6.42 Å². The van der Waals surface area contributed by atoms with Gasteiger partial charge < -0.3 is 4.74 Å². The smallest absolute Gasteiger partial charge is 0.338 e. The van der Waals surface area contributed by atoms with Gasteiger partial charge in [0.25, 0.3) is 0 Å². The molecule has 0 aliphatic heterocycles. The second kappa shape index (κ2) is 9.88. The van der Waals surface area contributed by atoms with Crippen LogP contribution in [0.4, 0.5) is 0 Å². The Morgan fingerprint density at radius 3 is 2.18 bits per heavy atom. The number of hydrogen-bond donors (Lipinski definition) is 0. The molecule has 0 heterocycles. The van der Waals surface area contributed by atoms with E-state index in [1.165, 1.54) is 18.4 Å². The summed E-state index contributed by atoms with van der Waals surface area (Å²) >= 11 is 0. The summed E-state index contributed by atoms with van der Waals surface area (Å²) in [6, 6.07) is 7.68. The summed E-state index contributed by atoms with van der Waals surface area (Å²) in [5.74, 6) is -0.237. The second-order valence-corrected chi connectivity index (χ2v) is 3.52. The predicted molar refractivity (Wildman–Crippen MR) is 72.4 cm³/mol. The van der Waals surface area contributed by atoms with E-state index in [9.17, 15) is 4.79 Å². The van der Waals surface area contributed by atoms with E-state index in [4.69, 9.17) is 4.74 Å². The number of carbonyl (C=O) groups is 1. The molecule has 96 valence electrons. The zero-order valence-electron chi connectivity index (χ0n) is 11.5. The summed E-state index contributed by atoms with van der Waals surface area (Å²) < 4.78 is 4.91. The molecule has 0 aromatic heterocycles. The first kappa shape index (κ1) is 15.7. The maximum absolute atomic E-state index is 11.3.